The highest BCUT2D eigenvalue weighted by Gasteiger charge is 2.27. The fraction of sp³-hybridized carbons (Fsp3) is 0.400. The van der Waals surface area contributed by atoms with Crippen LogP contribution in [0.2, 0.25) is 0 Å². The van der Waals surface area contributed by atoms with Gasteiger partial charge in [0.1, 0.15) is 6.10 Å². The molecule has 5 heteroatoms. The summed E-state index contributed by atoms with van der Waals surface area (Å²) in [6.45, 7) is 0.442. The average molecular weight is 275 g/mol. The van der Waals surface area contributed by atoms with Gasteiger partial charge in [-0.25, -0.2) is 0 Å². The molecule has 0 saturated carbocycles. The maximum Gasteiger partial charge on any atom is 0.246 e. The fourth-order valence-corrected chi connectivity index (χ4v) is 2.21. The third-order valence-electron chi connectivity index (χ3n) is 3.31. The Kier molecular flexibility index (Phi) is 5.12. The SMILES string of the molecule is NC(=O)C1CC(NC(=O)[CH]Cc2ccccc2)CCO1. The minimum atomic E-state index is -0.594. The van der Waals surface area contributed by atoms with E-state index < -0.39 is 12.0 Å². The number of rotatable bonds is 5. The van der Waals surface area contributed by atoms with Crippen molar-refractivity contribution in [2.45, 2.75) is 31.4 Å². The van der Waals surface area contributed by atoms with Crippen LogP contribution in [0.15, 0.2) is 30.3 Å². The molecule has 3 N–H and O–H groups in total. The van der Waals surface area contributed by atoms with Crippen molar-refractivity contribution in [1.29, 1.82) is 0 Å². The lowest BCUT2D eigenvalue weighted by Gasteiger charge is -2.28. The van der Waals surface area contributed by atoms with E-state index in [4.69, 9.17) is 10.5 Å². The van der Waals surface area contributed by atoms with Crippen LogP contribution in [0.1, 0.15) is 18.4 Å². The van der Waals surface area contributed by atoms with Crippen LogP contribution in [0.25, 0.3) is 0 Å². The quantitative estimate of drug-likeness (QED) is 0.825. The van der Waals surface area contributed by atoms with Crippen molar-refractivity contribution in [3.63, 3.8) is 0 Å². The number of hydrogen-bond donors (Lipinski definition) is 2. The predicted octanol–water partition coefficient (Wildman–Crippen LogP) is 0.582. The van der Waals surface area contributed by atoms with Crippen molar-refractivity contribution in [2.24, 2.45) is 5.73 Å². The van der Waals surface area contributed by atoms with E-state index >= 15 is 0 Å². The molecule has 107 valence electrons. The number of hydrogen-bond acceptors (Lipinski definition) is 3. The average Bonchev–Trinajstić information content (AvgIpc) is 2.46. The summed E-state index contributed by atoms with van der Waals surface area (Å²) in [6, 6.07) is 9.72. The van der Waals surface area contributed by atoms with E-state index in [1.54, 1.807) is 6.42 Å². The maximum atomic E-state index is 11.8. The number of nitrogens with two attached hydrogens (primary N) is 1. The van der Waals surface area contributed by atoms with Crippen LogP contribution in [0.3, 0.4) is 0 Å². The van der Waals surface area contributed by atoms with Gasteiger partial charge in [-0.1, -0.05) is 30.3 Å². The van der Waals surface area contributed by atoms with E-state index in [0.717, 1.165) is 5.56 Å². The Bertz CT molecular complexity index is 461. The largest absolute Gasteiger partial charge is 0.368 e. The number of carbonyl (C=O) groups is 2. The molecule has 5 nitrogen and oxygen atoms in total. The lowest BCUT2D eigenvalue weighted by molar-refractivity contribution is -0.134. The van der Waals surface area contributed by atoms with E-state index in [1.807, 2.05) is 30.3 Å². The molecule has 0 aromatic heterocycles. The molecule has 0 aliphatic carbocycles. The fourth-order valence-electron chi connectivity index (χ4n) is 2.21. The lowest BCUT2D eigenvalue weighted by atomic mass is 10.0. The zero-order valence-electron chi connectivity index (χ0n) is 11.2. The number of benzene rings is 1. The molecule has 1 aromatic rings. The van der Waals surface area contributed by atoms with E-state index in [2.05, 4.69) is 5.32 Å². The number of ether oxygens (including phenoxy) is 1. The van der Waals surface area contributed by atoms with E-state index in [9.17, 15) is 9.59 Å². The van der Waals surface area contributed by atoms with Gasteiger partial charge >= 0.3 is 0 Å². The molecule has 1 aliphatic rings. The Balaban J connectivity index is 1.75. The molecule has 2 atom stereocenters. The standard InChI is InChI=1S/C15H19N2O3/c16-15(19)13-10-12(8-9-20-13)17-14(18)7-6-11-4-2-1-3-5-11/h1-5,7,12-13H,6,8-10H2,(H2,16,19)(H,17,18). The molecule has 2 rings (SSSR count). The summed E-state index contributed by atoms with van der Waals surface area (Å²) >= 11 is 0. The van der Waals surface area contributed by atoms with Crippen LogP contribution in [-0.4, -0.2) is 30.6 Å². The Morgan fingerprint density at radius 2 is 2.10 bits per heavy atom. The minimum Gasteiger partial charge on any atom is -0.368 e. The number of amides is 2. The number of carbonyl (C=O) groups excluding carboxylic acids is 2. The van der Waals surface area contributed by atoms with Crippen LogP contribution in [0, 0.1) is 6.42 Å². The molecule has 0 bridgehead atoms. The Morgan fingerprint density at radius 3 is 2.80 bits per heavy atom. The summed E-state index contributed by atoms with van der Waals surface area (Å²) in [7, 11) is 0. The van der Waals surface area contributed by atoms with Crippen LogP contribution < -0.4 is 11.1 Å². The van der Waals surface area contributed by atoms with Gasteiger partial charge in [0.2, 0.25) is 11.8 Å². The van der Waals surface area contributed by atoms with Crippen molar-refractivity contribution in [3.05, 3.63) is 42.3 Å². The molecule has 1 aliphatic heterocycles. The van der Waals surface area contributed by atoms with E-state index in [1.165, 1.54) is 0 Å². The maximum absolute atomic E-state index is 11.8. The van der Waals surface area contributed by atoms with Gasteiger partial charge in [-0.3, -0.25) is 9.59 Å². The van der Waals surface area contributed by atoms with Gasteiger partial charge in [-0.2, -0.15) is 0 Å². The summed E-state index contributed by atoms with van der Waals surface area (Å²) in [5, 5.41) is 2.89. The topological polar surface area (TPSA) is 81.4 Å². The third-order valence-corrected chi connectivity index (χ3v) is 3.31. The highest BCUT2D eigenvalue weighted by Crippen LogP contribution is 2.14. The first-order chi connectivity index (χ1) is 9.65. The summed E-state index contributed by atoms with van der Waals surface area (Å²) < 4.78 is 5.24. The zero-order valence-corrected chi connectivity index (χ0v) is 11.2. The number of primary amides is 1. The molecule has 1 fully saturated rings. The molecule has 1 heterocycles. The van der Waals surface area contributed by atoms with Gasteiger partial charge in [0.25, 0.3) is 0 Å². The predicted molar refractivity (Wildman–Crippen MR) is 74.5 cm³/mol. The van der Waals surface area contributed by atoms with Crippen LogP contribution in [-0.2, 0) is 20.7 Å². The molecular formula is C15H19N2O3. The van der Waals surface area contributed by atoms with Gasteiger partial charge in [-0.05, 0) is 18.4 Å². The highest BCUT2D eigenvalue weighted by molar-refractivity contribution is 5.85. The molecule has 2 amide bonds. The second-order valence-electron chi connectivity index (χ2n) is 4.89. The van der Waals surface area contributed by atoms with Crippen molar-refractivity contribution < 1.29 is 14.3 Å². The van der Waals surface area contributed by atoms with Crippen molar-refractivity contribution in [3.8, 4) is 0 Å². The Labute approximate surface area is 118 Å². The van der Waals surface area contributed by atoms with Crippen LogP contribution >= 0.6 is 0 Å². The molecule has 20 heavy (non-hydrogen) atoms. The van der Waals surface area contributed by atoms with E-state index in [-0.39, 0.29) is 11.9 Å². The smallest absolute Gasteiger partial charge is 0.246 e. The van der Waals surface area contributed by atoms with Gasteiger partial charge in [-0.15, -0.1) is 0 Å². The van der Waals surface area contributed by atoms with E-state index in [0.29, 0.717) is 25.9 Å². The van der Waals surface area contributed by atoms with Gasteiger partial charge in [0, 0.05) is 19.1 Å². The molecule has 1 saturated heterocycles. The highest BCUT2D eigenvalue weighted by atomic mass is 16.5. The summed E-state index contributed by atoms with van der Waals surface area (Å²) in [4.78, 5) is 22.9. The first kappa shape index (κ1) is 14.5. The third kappa shape index (κ3) is 4.35. The summed E-state index contributed by atoms with van der Waals surface area (Å²) in [5.74, 6) is -0.596. The Hall–Kier alpha value is -1.88. The summed E-state index contributed by atoms with van der Waals surface area (Å²) in [5.41, 5.74) is 6.30. The summed E-state index contributed by atoms with van der Waals surface area (Å²) in [6.07, 6.45) is 2.76. The number of nitrogens with one attached hydrogen (secondary N) is 1. The van der Waals surface area contributed by atoms with Gasteiger partial charge in [0.05, 0.1) is 6.42 Å². The zero-order chi connectivity index (χ0) is 14.4. The van der Waals surface area contributed by atoms with Crippen molar-refractivity contribution >= 4 is 11.8 Å². The second kappa shape index (κ2) is 7.05. The monoisotopic (exact) mass is 275 g/mol. The van der Waals surface area contributed by atoms with Crippen LogP contribution in [0.5, 0.6) is 0 Å². The molecule has 1 radical (unpaired) electrons. The van der Waals surface area contributed by atoms with Gasteiger partial charge < -0.3 is 15.8 Å². The first-order valence-electron chi connectivity index (χ1n) is 6.73. The lowest BCUT2D eigenvalue weighted by Crippen LogP contribution is -2.46. The molecule has 0 spiro atoms. The molecule has 2 unspecified atom stereocenters. The van der Waals surface area contributed by atoms with Gasteiger partial charge in [0.15, 0.2) is 0 Å². The Morgan fingerprint density at radius 1 is 1.35 bits per heavy atom. The van der Waals surface area contributed by atoms with Crippen LogP contribution in [0.4, 0.5) is 0 Å². The second-order valence-corrected chi connectivity index (χ2v) is 4.89. The molecular weight excluding hydrogens is 256 g/mol. The molecule has 1 aromatic carbocycles. The normalized spacial score (nSPS) is 22.2. The van der Waals surface area contributed by atoms with Crippen molar-refractivity contribution in [1.82, 2.24) is 5.32 Å². The first-order valence-corrected chi connectivity index (χ1v) is 6.73. The van der Waals surface area contributed by atoms with Crippen molar-refractivity contribution in [2.75, 3.05) is 6.61 Å². The minimum absolute atomic E-state index is 0.0548.